The van der Waals surface area contributed by atoms with Crippen LogP contribution in [-0.4, -0.2) is 50.5 Å². The Kier molecular flexibility index (Phi) is 7.65. The van der Waals surface area contributed by atoms with Crippen molar-refractivity contribution >= 4 is 27.7 Å². The van der Waals surface area contributed by atoms with E-state index in [2.05, 4.69) is 36.2 Å². The van der Waals surface area contributed by atoms with E-state index < -0.39 is 0 Å². The first-order valence-electron chi connectivity index (χ1n) is 5.95. The van der Waals surface area contributed by atoms with Crippen molar-refractivity contribution in [1.29, 1.82) is 0 Å². The van der Waals surface area contributed by atoms with Crippen molar-refractivity contribution in [3.63, 3.8) is 0 Å². The third-order valence-corrected chi connectivity index (χ3v) is 3.06. The van der Waals surface area contributed by atoms with Crippen molar-refractivity contribution in [3.05, 3.63) is 10.7 Å². The van der Waals surface area contributed by atoms with E-state index >= 15 is 0 Å². The molecular formula is C11H20BrN5O2. The van der Waals surface area contributed by atoms with E-state index in [4.69, 9.17) is 15.3 Å². The van der Waals surface area contributed by atoms with Gasteiger partial charge in [0.2, 0.25) is 5.95 Å². The number of hydrazine groups is 1. The van der Waals surface area contributed by atoms with Crippen LogP contribution in [0, 0.1) is 0 Å². The normalized spacial score (nSPS) is 10.5. The topological polar surface area (TPSA) is 85.5 Å². The molecule has 1 heterocycles. The lowest BCUT2D eigenvalue weighted by atomic mass is 10.3. The quantitative estimate of drug-likeness (QED) is 0.396. The van der Waals surface area contributed by atoms with Gasteiger partial charge in [-0.2, -0.15) is 4.98 Å². The number of methoxy groups -OCH3 is 2. The molecule has 0 aliphatic rings. The van der Waals surface area contributed by atoms with Crippen molar-refractivity contribution in [2.45, 2.75) is 6.42 Å². The number of hydrogen-bond donors (Lipinski definition) is 2. The van der Waals surface area contributed by atoms with E-state index in [9.17, 15) is 0 Å². The molecule has 1 aromatic rings. The highest BCUT2D eigenvalue weighted by Crippen LogP contribution is 2.24. The van der Waals surface area contributed by atoms with Crippen molar-refractivity contribution in [3.8, 4) is 0 Å². The van der Waals surface area contributed by atoms with Crippen molar-refractivity contribution in [1.82, 2.24) is 9.97 Å². The summed E-state index contributed by atoms with van der Waals surface area (Å²) in [6.45, 7) is 2.87. The Balaban J connectivity index is 2.81. The van der Waals surface area contributed by atoms with Crippen LogP contribution < -0.4 is 16.2 Å². The summed E-state index contributed by atoms with van der Waals surface area (Å²) in [5, 5.41) is 0. The van der Waals surface area contributed by atoms with Crippen LogP contribution in [0.5, 0.6) is 0 Å². The molecule has 0 atom stereocenters. The van der Waals surface area contributed by atoms with E-state index in [1.54, 1.807) is 20.4 Å². The van der Waals surface area contributed by atoms with Gasteiger partial charge in [0.15, 0.2) is 0 Å². The van der Waals surface area contributed by atoms with Gasteiger partial charge >= 0.3 is 0 Å². The molecule has 3 N–H and O–H groups in total. The van der Waals surface area contributed by atoms with Gasteiger partial charge in [-0.15, -0.1) is 0 Å². The van der Waals surface area contributed by atoms with Gasteiger partial charge in [-0.05, 0) is 22.4 Å². The SMILES string of the molecule is COCCCN(CCOC)c1nc(NN)ncc1Br. The number of halogens is 1. The lowest BCUT2D eigenvalue weighted by Gasteiger charge is -2.24. The first-order chi connectivity index (χ1) is 9.22. The number of hydrogen-bond acceptors (Lipinski definition) is 7. The Morgan fingerprint density at radius 2 is 2.05 bits per heavy atom. The van der Waals surface area contributed by atoms with Gasteiger partial charge in [-0.25, -0.2) is 10.8 Å². The molecule has 108 valence electrons. The molecule has 0 bridgehead atoms. The Morgan fingerprint density at radius 1 is 1.32 bits per heavy atom. The molecule has 0 saturated carbocycles. The number of nitrogens with one attached hydrogen (secondary N) is 1. The zero-order chi connectivity index (χ0) is 14.1. The van der Waals surface area contributed by atoms with Crippen molar-refractivity contribution in [2.24, 2.45) is 5.84 Å². The highest BCUT2D eigenvalue weighted by molar-refractivity contribution is 9.10. The fourth-order valence-electron chi connectivity index (χ4n) is 1.57. The van der Waals surface area contributed by atoms with Gasteiger partial charge in [-0.1, -0.05) is 0 Å². The number of nitrogens with zero attached hydrogens (tertiary/aromatic N) is 3. The first kappa shape index (κ1) is 16.1. The average Bonchev–Trinajstić information content (AvgIpc) is 2.43. The van der Waals surface area contributed by atoms with Crippen molar-refractivity contribution in [2.75, 3.05) is 50.8 Å². The summed E-state index contributed by atoms with van der Waals surface area (Å²) in [6.07, 6.45) is 2.58. The molecule has 0 aromatic carbocycles. The van der Waals surface area contributed by atoms with Gasteiger partial charge in [0, 0.05) is 40.1 Å². The molecule has 0 amide bonds. The van der Waals surface area contributed by atoms with Gasteiger partial charge < -0.3 is 14.4 Å². The molecule has 0 radical (unpaired) electrons. The molecule has 8 heteroatoms. The van der Waals surface area contributed by atoms with Crippen LogP contribution in [0.25, 0.3) is 0 Å². The summed E-state index contributed by atoms with van der Waals surface area (Å²) >= 11 is 3.45. The predicted molar refractivity (Wildman–Crippen MR) is 78.1 cm³/mol. The summed E-state index contributed by atoms with van der Waals surface area (Å²) in [6, 6.07) is 0. The number of nitrogen functional groups attached to an aromatic ring is 1. The molecule has 0 spiro atoms. The van der Waals surface area contributed by atoms with E-state index in [1.807, 2.05) is 0 Å². The van der Waals surface area contributed by atoms with E-state index in [0.29, 0.717) is 19.2 Å². The standard InChI is InChI=1S/C11H20BrN5O2/c1-18-6-3-4-17(5-7-19-2)10-9(12)8-14-11(15-10)16-13/h8H,3-7,13H2,1-2H3,(H,14,15,16). The average molecular weight is 334 g/mol. The van der Waals surface area contributed by atoms with E-state index in [-0.39, 0.29) is 0 Å². The molecular weight excluding hydrogens is 314 g/mol. The summed E-state index contributed by atoms with van der Waals surface area (Å²) < 4.78 is 11.0. The van der Waals surface area contributed by atoms with E-state index in [0.717, 1.165) is 29.8 Å². The summed E-state index contributed by atoms with van der Waals surface area (Å²) in [4.78, 5) is 10.5. The molecule has 19 heavy (non-hydrogen) atoms. The third kappa shape index (κ3) is 5.27. The van der Waals surface area contributed by atoms with Crippen LogP contribution in [0.2, 0.25) is 0 Å². The van der Waals surface area contributed by atoms with Gasteiger partial charge in [-0.3, -0.25) is 5.43 Å². The van der Waals surface area contributed by atoms with Crippen LogP contribution in [0.15, 0.2) is 10.7 Å². The Hall–Kier alpha value is -0.960. The van der Waals surface area contributed by atoms with Crippen molar-refractivity contribution < 1.29 is 9.47 Å². The molecule has 0 aliphatic heterocycles. The van der Waals surface area contributed by atoms with E-state index in [1.165, 1.54) is 0 Å². The summed E-state index contributed by atoms with van der Waals surface area (Å²) in [5.74, 6) is 6.51. The third-order valence-electron chi connectivity index (χ3n) is 2.50. The molecule has 1 aromatic heterocycles. The van der Waals surface area contributed by atoms with Crippen LogP contribution in [0.1, 0.15) is 6.42 Å². The minimum Gasteiger partial charge on any atom is -0.385 e. The predicted octanol–water partition coefficient (Wildman–Crippen LogP) is 1.01. The fraction of sp³-hybridized carbons (Fsp3) is 0.636. The Morgan fingerprint density at radius 3 is 2.68 bits per heavy atom. The maximum atomic E-state index is 5.34. The molecule has 0 fully saturated rings. The van der Waals surface area contributed by atoms with Crippen LogP contribution in [0.3, 0.4) is 0 Å². The molecule has 0 unspecified atom stereocenters. The molecule has 0 saturated heterocycles. The minimum atomic E-state index is 0.382. The van der Waals surface area contributed by atoms with Crippen LogP contribution in [0.4, 0.5) is 11.8 Å². The second kappa shape index (κ2) is 9.03. The fourth-order valence-corrected chi connectivity index (χ4v) is 2.02. The lowest BCUT2D eigenvalue weighted by Crippen LogP contribution is -2.30. The Labute approximate surface area is 121 Å². The Bertz CT molecular complexity index is 380. The van der Waals surface area contributed by atoms with Crippen LogP contribution in [-0.2, 0) is 9.47 Å². The number of nitrogens with two attached hydrogens (primary N) is 1. The number of rotatable bonds is 9. The summed E-state index contributed by atoms with van der Waals surface area (Å²) in [5.41, 5.74) is 2.45. The monoisotopic (exact) mass is 333 g/mol. The minimum absolute atomic E-state index is 0.382. The highest BCUT2D eigenvalue weighted by Gasteiger charge is 2.13. The van der Waals surface area contributed by atoms with Crippen LogP contribution >= 0.6 is 15.9 Å². The number of aromatic nitrogens is 2. The number of ether oxygens (including phenoxy) is 2. The van der Waals surface area contributed by atoms with Gasteiger partial charge in [0.05, 0.1) is 11.1 Å². The first-order valence-corrected chi connectivity index (χ1v) is 6.74. The largest absolute Gasteiger partial charge is 0.385 e. The maximum Gasteiger partial charge on any atom is 0.239 e. The van der Waals surface area contributed by atoms with Gasteiger partial charge in [0.1, 0.15) is 5.82 Å². The zero-order valence-corrected chi connectivity index (χ0v) is 12.8. The summed E-state index contributed by atoms with van der Waals surface area (Å²) in [7, 11) is 3.37. The highest BCUT2D eigenvalue weighted by atomic mass is 79.9. The molecule has 1 rings (SSSR count). The lowest BCUT2D eigenvalue weighted by molar-refractivity contribution is 0.191. The smallest absolute Gasteiger partial charge is 0.239 e. The number of anilines is 2. The second-order valence-corrected chi connectivity index (χ2v) is 4.69. The maximum absolute atomic E-state index is 5.34. The molecule has 0 aliphatic carbocycles. The zero-order valence-electron chi connectivity index (χ0n) is 11.2. The van der Waals surface area contributed by atoms with Gasteiger partial charge in [0.25, 0.3) is 0 Å². The second-order valence-electron chi connectivity index (χ2n) is 3.84. The molecule has 7 nitrogen and oxygen atoms in total.